The molecule has 2 N–H and O–H groups in total. The maximum atomic E-state index is 12.1. The number of hydrogen-bond donors (Lipinski definition) is 2. The van der Waals surface area contributed by atoms with Gasteiger partial charge in [-0.25, -0.2) is 0 Å². The number of carbonyl (C=O) groups is 2. The van der Waals surface area contributed by atoms with Crippen molar-refractivity contribution in [3.05, 3.63) is 82.4 Å². The normalized spacial score (nSPS) is 21.0. The van der Waals surface area contributed by atoms with E-state index in [1.807, 2.05) is 54.6 Å². The van der Waals surface area contributed by atoms with Crippen LogP contribution >= 0.6 is 0 Å². The van der Waals surface area contributed by atoms with E-state index in [-0.39, 0.29) is 111 Å². The molecule has 6 rings (SSSR count). The first kappa shape index (κ1) is 30.5. The monoisotopic (exact) mass is 910 g/mol. The van der Waals surface area contributed by atoms with Gasteiger partial charge in [-0.3, -0.25) is 9.59 Å². The summed E-state index contributed by atoms with van der Waals surface area (Å²) < 4.78 is 0. The van der Waals surface area contributed by atoms with Crippen LogP contribution in [0.25, 0.3) is 10.6 Å². The maximum absolute atomic E-state index is 12.1. The molecule has 0 bridgehead atoms. The van der Waals surface area contributed by atoms with Crippen LogP contribution in [0.3, 0.4) is 0 Å². The number of benzene rings is 2. The molecule has 8 heteroatoms. The van der Waals surface area contributed by atoms with E-state index in [1.165, 1.54) is 0 Å². The molecule has 0 atom stereocenters. The molecule has 4 aliphatic heterocycles. The number of hydrogen-bond acceptors (Lipinski definition) is 4. The number of nitrogens with zero attached hydrogens (tertiary/aromatic N) is 2. The first-order chi connectivity index (χ1) is 16.6. The molecular formula is C28H32Ac2N4O2-2. The van der Waals surface area contributed by atoms with Gasteiger partial charge in [-0.2, -0.15) is 0 Å². The van der Waals surface area contributed by atoms with Crippen molar-refractivity contribution in [1.29, 1.82) is 0 Å². The van der Waals surface area contributed by atoms with Gasteiger partial charge in [0.15, 0.2) is 11.6 Å². The molecular weight excluding hydrogens is 878 g/mol. The minimum atomic E-state index is -0.0794. The number of Topliss-reactive ketones (excluding diaryl/α,β-unsaturated/α-hetero) is 1. The van der Waals surface area contributed by atoms with E-state index >= 15 is 0 Å². The van der Waals surface area contributed by atoms with Crippen molar-refractivity contribution >= 4 is 22.9 Å². The molecule has 2 aromatic carbocycles. The van der Waals surface area contributed by atoms with Crippen molar-refractivity contribution in [2.45, 2.75) is 49.6 Å². The number of ketones is 2. The summed E-state index contributed by atoms with van der Waals surface area (Å²) in [6.07, 6.45) is 9.37. The Kier molecular flexibility index (Phi) is 11.7. The van der Waals surface area contributed by atoms with Crippen LogP contribution in [0.5, 0.6) is 0 Å². The molecule has 0 aliphatic carbocycles. The fraction of sp³-hybridized carbons (Fsp3) is 0.429. The summed E-state index contributed by atoms with van der Waals surface area (Å²) in [4.78, 5) is 24.0. The zero-order chi connectivity index (χ0) is 23.4. The van der Waals surface area contributed by atoms with Gasteiger partial charge in [0, 0.05) is 123 Å². The first-order valence-electron chi connectivity index (χ1n) is 12.4. The molecule has 4 aliphatic rings. The molecule has 0 unspecified atom stereocenters. The van der Waals surface area contributed by atoms with E-state index in [0.717, 1.165) is 80.8 Å². The molecule has 184 valence electrons. The van der Waals surface area contributed by atoms with Crippen molar-refractivity contribution in [3.63, 3.8) is 0 Å². The van der Waals surface area contributed by atoms with Crippen LogP contribution in [0.15, 0.2) is 60.7 Å². The number of para-hydroxylation sites is 2. The van der Waals surface area contributed by atoms with Crippen LogP contribution < -0.4 is 10.6 Å². The Balaban J connectivity index is 0.000000190. The average molecular weight is 911 g/mol. The number of allylic oxidation sites excluding steroid dienone is 1. The van der Waals surface area contributed by atoms with Crippen molar-refractivity contribution in [2.75, 3.05) is 36.8 Å². The largest absolute Gasteiger partial charge is 0.662 e. The second-order valence-corrected chi connectivity index (χ2v) is 9.74. The van der Waals surface area contributed by atoms with E-state index in [9.17, 15) is 9.59 Å². The quantitative estimate of drug-likeness (QED) is 0.354. The molecule has 2 aromatic rings. The summed E-state index contributed by atoms with van der Waals surface area (Å²) in [5, 5.41) is 15.9. The summed E-state index contributed by atoms with van der Waals surface area (Å²) in [6, 6.07) is 15.6. The number of carbonyl (C=O) groups excluding carboxylic acids is 2. The summed E-state index contributed by atoms with van der Waals surface area (Å²) in [5.41, 5.74) is 3.60. The zero-order valence-corrected chi connectivity index (χ0v) is 30.2. The molecule has 2 spiro atoms. The molecule has 4 heterocycles. The minimum Gasteiger partial charge on any atom is -0.662 e. The third-order valence-electron chi connectivity index (χ3n) is 7.52. The minimum absolute atomic E-state index is 0. The SMILES string of the molecule is O=C1C=CC2(CC[N-]CC2)Nc2ccccc21.O=C1CCC2(CC[N-]CC2)Nc2ccccc21.[Ac].[Ac]. The third-order valence-corrected chi connectivity index (χ3v) is 7.52. The Hall–Kier alpha value is -0.0769. The molecule has 2 radical (unpaired) electrons. The maximum Gasteiger partial charge on any atom is 0.187 e. The van der Waals surface area contributed by atoms with Crippen LogP contribution in [-0.2, 0) is 0 Å². The van der Waals surface area contributed by atoms with Crippen molar-refractivity contribution < 1.29 is 97.7 Å². The fourth-order valence-electron chi connectivity index (χ4n) is 5.40. The number of anilines is 2. The Bertz CT molecular complexity index is 1090. The molecule has 0 aromatic heterocycles. The zero-order valence-electron chi connectivity index (χ0n) is 20.7. The molecule has 2 saturated heterocycles. The van der Waals surface area contributed by atoms with Gasteiger partial charge < -0.3 is 21.3 Å². The second-order valence-electron chi connectivity index (χ2n) is 9.74. The standard InChI is InChI=1S/C14H17N2O.C14H15N2O.2Ac/c2*17-13-5-6-14(7-9-15-10-8-14)16-12-4-2-1-3-11(12)13;;/h1-4,16H,5-10H2;1-6,16H,7-10H2;;/q2*-1;;. The average Bonchev–Trinajstić information content (AvgIpc) is 3.09. The second kappa shape index (κ2) is 13.8. The van der Waals surface area contributed by atoms with Gasteiger partial charge in [0.25, 0.3) is 0 Å². The van der Waals surface area contributed by atoms with E-state index in [2.05, 4.69) is 21.3 Å². The van der Waals surface area contributed by atoms with E-state index in [0.29, 0.717) is 6.42 Å². The van der Waals surface area contributed by atoms with Crippen molar-refractivity contribution in [3.8, 4) is 0 Å². The molecule has 0 saturated carbocycles. The van der Waals surface area contributed by atoms with Crippen LogP contribution in [0.2, 0.25) is 0 Å². The Labute approximate surface area is 285 Å². The summed E-state index contributed by atoms with van der Waals surface area (Å²) in [5.74, 6) is 0.361. The van der Waals surface area contributed by atoms with Gasteiger partial charge in [-0.05, 0) is 62.4 Å². The van der Waals surface area contributed by atoms with Gasteiger partial charge in [0.1, 0.15) is 0 Å². The molecule has 6 nitrogen and oxygen atoms in total. The number of nitrogens with one attached hydrogen (secondary N) is 2. The Morgan fingerprint density at radius 3 is 1.89 bits per heavy atom. The molecule has 2 fully saturated rings. The molecule has 36 heavy (non-hydrogen) atoms. The Morgan fingerprint density at radius 1 is 0.667 bits per heavy atom. The first-order valence-corrected chi connectivity index (χ1v) is 12.4. The van der Waals surface area contributed by atoms with Crippen LogP contribution in [0.4, 0.5) is 11.4 Å². The summed E-state index contributed by atoms with van der Waals surface area (Å²) >= 11 is 0. The summed E-state index contributed by atoms with van der Waals surface area (Å²) in [7, 11) is 0. The number of piperidine rings is 2. The van der Waals surface area contributed by atoms with E-state index < -0.39 is 0 Å². The fourth-order valence-corrected chi connectivity index (χ4v) is 5.40. The van der Waals surface area contributed by atoms with Crippen molar-refractivity contribution in [1.82, 2.24) is 0 Å². The van der Waals surface area contributed by atoms with Crippen LogP contribution in [-0.4, -0.2) is 48.8 Å². The van der Waals surface area contributed by atoms with Crippen LogP contribution in [0.1, 0.15) is 59.2 Å². The smallest absolute Gasteiger partial charge is 0.187 e. The molecule has 0 amide bonds. The summed E-state index contributed by atoms with van der Waals surface area (Å²) in [6.45, 7) is 3.58. The van der Waals surface area contributed by atoms with E-state index in [1.54, 1.807) is 6.08 Å². The van der Waals surface area contributed by atoms with Gasteiger partial charge >= 0.3 is 0 Å². The number of rotatable bonds is 0. The van der Waals surface area contributed by atoms with E-state index in [4.69, 9.17) is 0 Å². The van der Waals surface area contributed by atoms with Gasteiger partial charge in [-0.15, -0.1) is 26.2 Å². The Morgan fingerprint density at radius 2 is 1.22 bits per heavy atom. The van der Waals surface area contributed by atoms with Gasteiger partial charge in [0.2, 0.25) is 0 Å². The van der Waals surface area contributed by atoms with Crippen molar-refractivity contribution in [2.24, 2.45) is 0 Å². The third kappa shape index (κ3) is 7.11. The van der Waals surface area contributed by atoms with Crippen LogP contribution in [0, 0.1) is 88.1 Å². The predicted molar refractivity (Wildman–Crippen MR) is 137 cm³/mol. The predicted octanol–water partition coefficient (Wildman–Crippen LogP) is 5.74. The van der Waals surface area contributed by atoms with Gasteiger partial charge in [0.05, 0.1) is 5.54 Å². The number of fused-ring (bicyclic) bond motifs is 2. The van der Waals surface area contributed by atoms with Gasteiger partial charge in [-0.1, -0.05) is 30.3 Å². The topological polar surface area (TPSA) is 86.4 Å².